The molecule has 0 aliphatic heterocycles. The van der Waals surface area contributed by atoms with Gasteiger partial charge < -0.3 is 0 Å². The van der Waals surface area contributed by atoms with E-state index in [1.54, 1.807) is 12.1 Å². The van der Waals surface area contributed by atoms with E-state index in [0.29, 0.717) is 11.4 Å². The number of benzene rings is 2. The Balaban J connectivity index is 1.84. The van der Waals surface area contributed by atoms with Crippen molar-refractivity contribution in [3.05, 3.63) is 53.6 Å². The van der Waals surface area contributed by atoms with Gasteiger partial charge in [-0.05, 0) is 52.8 Å². The van der Waals surface area contributed by atoms with E-state index in [1.807, 2.05) is 19.1 Å². The second-order valence-corrected chi connectivity index (χ2v) is 7.89. The molecule has 3 rings (SSSR count). The molecule has 132 valence electrons. The fraction of sp³-hybridized carbons (Fsp3) is 0.333. The number of fused-ring (bicyclic) bond motifs is 1. The molecule has 0 saturated heterocycles. The molecule has 0 fully saturated rings. The Kier molecular flexibility index (Phi) is 4.87. The van der Waals surface area contributed by atoms with Crippen molar-refractivity contribution >= 4 is 21.1 Å². The van der Waals surface area contributed by atoms with Gasteiger partial charge in [0.15, 0.2) is 5.52 Å². The molecule has 1 heterocycles. The summed E-state index contributed by atoms with van der Waals surface area (Å²) in [7, 11) is -3.75. The van der Waals surface area contributed by atoms with Crippen molar-refractivity contribution < 1.29 is 13.0 Å². The van der Waals surface area contributed by atoms with Crippen molar-refractivity contribution in [2.24, 2.45) is 0 Å². The molecule has 2 atom stereocenters. The van der Waals surface area contributed by atoms with Gasteiger partial charge in [0.2, 0.25) is 10.0 Å². The van der Waals surface area contributed by atoms with Crippen LogP contribution < -0.4 is 4.72 Å². The van der Waals surface area contributed by atoms with Gasteiger partial charge in [0.25, 0.3) is 0 Å². The Morgan fingerprint density at radius 2 is 1.72 bits per heavy atom. The first-order chi connectivity index (χ1) is 11.9. The number of aromatic nitrogens is 2. The van der Waals surface area contributed by atoms with Gasteiger partial charge in [-0.15, -0.1) is 0 Å². The Labute approximate surface area is 147 Å². The van der Waals surface area contributed by atoms with Crippen LogP contribution in [-0.4, -0.2) is 18.7 Å². The lowest BCUT2D eigenvalue weighted by molar-refractivity contribution is 0.315. The van der Waals surface area contributed by atoms with Crippen LogP contribution in [0.2, 0.25) is 0 Å². The normalized spacial score (nSPS) is 14.5. The lowest BCUT2D eigenvalue weighted by Crippen LogP contribution is -2.27. The predicted molar refractivity (Wildman–Crippen MR) is 95.7 cm³/mol. The van der Waals surface area contributed by atoms with Gasteiger partial charge in [0.05, 0.1) is 0 Å². The van der Waals surface area contributed by atoms with E-state index in [9.17, 15) is 8.42 Å². The number of nitrogens with zero attached hydrogens (tertiary/aromatic N) is 2. The molecular formula is C18H21N3O3S. The van der Waals surface area contributed by atoms with Crippen LogP contribution >= 0.6 is 0 Å². The molecule has 0 radical (unpaired) electrons. The van der Waals surface area contributed by atoms with Crippen molar-refractivity contribution in [3.63, 3.8) is 0 Å². The zero-order valence-electron chi connectivity index (χ0n) is 14.4. The second-order valence-electron chi connectivity index (χ2n) is 6.21. The third-order valence-electron chi connectivity index (χ3n) is 4.49. The van der Waals surface area contributed by atoms with Gasteiger partial charge in [-0.25, -0.2) is 17.8 Å². The molecule has 0 spiro atoms. The summed E-state index contributed by atoms with van der Waals surface area (Å²) in [5.41, 5.74) is 2.79. The van der Waals surface area contributed by atoms with Crippen LogP contribution in [0.1, 0.15) is 50.3 Å². The quantitative estimate of drug-likeness (QED) is 0.724. The van der Waals surface area contributed by atoms with Crippen molar-refractivity contribution in [1.82, 2.24) is 15.0 Å². The first kappa shape index (κ1) is 17.6. The fourth-order valence-corrected chi connectivity index (χ4v) is 4.09. The van der Waals surface area contributed by atoms with E-state index in [-0.39, 0.29) is 16.5 Å². The minimum absolute atomic E-state index is 0.0642. The minimum atomic E-state index is -3.75. The molecule has 7 heteroatoms. The smallest absolute Gasteiger partial charge is 0.243 e. The van der Waals surface area contributed by atoms with E-state index < -0.39 is 10.0 Å². The Hall–Kier alpha value is -2.25. The highest BCUT2D eigenvalue weighted by molar-refractivity contribution is 7.89. The average molecular weight is 359 g/mol. The number of nitrogens with one attached hydrogen (secondary N) is 1. The highest BCUT2D eigenvalue weighted by atomic mass is 32.2. The highest BCUT2D eigenvalue weighted by Gasteiger charge is 2.23. The zero-order valence-corrected chi connectivity index (χ0v) is 15.2. The number of hydrogen-bond acceptors (Lipinski definition) is 5. The topological polar surface area (TPSA) is 85.1 Å². The molecule has 0 amide bonds. The molecule has 2 aromatic carbocycles. The van der Waals surface area contributed by atoms with Crippen LogP contribution in [0.3, 0.4) is 0 Å². The van der Waals surface area contributed by atoms with Crippen molar-refractivity contribution in [1.29, 1.82) is 0 Å². The molecule has 0 aliphatic carbocycles. The maximum Gasteiger partial charge on any atom is 0.243 e. The monoisotopic (exact) mass is 359 g/mol. The molecule has 1 aromatic heterocycles. The summed E-state index contributed by atoms with van der Waals surface area (Å²) in [6, 6.07) is 12.4. The van der Waals surface area contributed by atoms with E-state index in [1.165, 1.54) is 11.6 Å². The van der Waals surface area contributed by atoms with Crippen molar-refractivity contribution in [3.8, 4) is 0 Å². The molecule has 3 aromatic rings. The number of rotatable bonds is 6. The maximum absolute atomic E-state index is 12.7. The van der Waals surface area contributed by atoms with Crippen LogP contribution in [0.15, 0.2) is 52.0 Å². The fourth-order valence-electron chi connectivity index (χ4n) is 2.71. The molecule has 1 N–H and O–H groups in total. The lowest BCUT2D eigenvalue weighted by atomic mass is 9.96. The summed E-state index contributed by atoms with van der Waals surface area (Å²) in [6.45, 7) is 6.14. The average Bonchev–Trinajstić information content (AvgIpc) is 3.09. The molecule has 0 saturated carbocycles. The van der Waals surface area contributed by atoms with Gasteiger partial charge in [0.1, 0.15) is 10.4 Å². The summed E-state index contributed by atoms with van der Waals surface area (Å²) in [5, 5.41) is 7.39. The SMILES string of the molecule is CCC(C)c1ccc(C(C)NS(=O)(=O)c2cccc3nonc23)cc1. The Bertz CT molecular complexity index is 965. The summed E-state index contributed by atoms with van der Waals surface area (Å²) in [5.74, 6) is 0.485. The standard InChI is InChI=1S/C18H21N3O3S/c1-4-12(2)14-8-10-15(11-9-14)13(3)21-25(22,23)17-7-5-6-16-18(17)20-24-19-16/h5-13,21H,4H2,1-3H3. The molecule has 0 aliphatic rings. The highest BCUT2D eigenvalue weighted by Crippen LogP contribution is 2.24. The molecule has 2 unspecified atom stereocenters. The van der Waals surface area contributed by atoms with Gasteiger partial charge in [-0.2, -0.15) is 0 Å². The second kappa shape index (κ2) is 6.93. The minimum Gasteiger partial charge on any atom is -0.243 e. The predicted octanol–water partition coefficient (Wildman–Crippen LogP) is 3.78. The molecule has 25 heavy (non-hydrogen) atoms. The molecule has 6 nitrogen and oxygen atoms in total. The van der Waals surface area contributed by atoms with Crippen molar-refractivity contribution in [2.75, 3.05) is 0 Å². The maximum atomic E-state index is 12.7. The first-order valence-corrected chi connectivity index (χ1v) is 9.74. The van der Waals surface area contributed by atoms with Gasteiger partial charge in [-0.3, -0.25) is 0 Å². The van der Waals surface area contributed by atoms with Gasteiger partial charge in [0, 0.05) is 6.04 Å². The zero-order chi connectivity index (χ0) is 18.0. The summed E-state index contributed by atoms with van der Waals surface area (Å²) >= 11 is 0. The lowest BCUT2D eigenvalue weighted by Gasteiger charge is -2.16. The number of hydrogen-bond donors (Lipinski definition) is 1. The van der Waals surface area contributed by atoms with Crippen LogP contribution in [0.25, 0.3) is 11.0 Å². The van der Waals surface area contributed by atoms with E-state index in [2.05, 4.69) is 45.6 Å². The largest absolute Gasteiger partial charge is 0.243 e. The van der Waals surface area contributed by atoms with Gasteiger partial charge >= 0.3 is 0 Å². The van der Waals surface area contributed by atoms with Crippen molar-refractivity contribution in [2.45, 2.75) is 44.0 Å². The Morgan fingerprint density at radius 1 is 1.04 bits per heavy atom. The summed E-state index contributed by atoms with van der Waals surface area (Å²) in [4.78, 5) is 0.0642. The van der Waals surface area contributed by atoms with E-state index in [4.69, 9.17) is 0 Å². The van der Waals surface area contributed by atoms with Crippen LogP contribution in [0.5, 0.6) is 0 Å². The third kappa shape index (κ3) is 3.57. The molecular weight excluding hydrogens is 338 g/mol. The van der Waals surface area contributed by atoms with E-state index in [0.717, 1.165) is 12.0 Å². The van der Waals surface area contributed by atoms with Gasteiger partial charge in [-0.1, -0.05) is 44.2 Å². The van der Waals surface area contributed by atoms with Crippen LogP contribution in [0, 0.1) is 0 Å². The van der Waals surface area contributed by atoms with Crippen LogP contribution in [0.4, 0.5) is 0 Å². The summed E-state index contributed by atoms with van der Waals surface area (Å²) in [6.07, 6.45) is 1.07. The van der Waals surface area contributed by atoms with Crippen LogP contribution in [-0.2, 0) is 10.0 Å². The Morgan fingerprint density at radius 3 is 2.40 bits per heavy atom. The molecule has 0 bridgehead atoms. The third-order valence-corrected chi connectivity index (χ3v) is 6.06. The number of sulfonamides is 1. The summed E-state index contributed by atoms with van der Waals surface area (Å²) < 4.78 is 32.8. The first-order valence-electron chi connectivity index (χ1n) is 8.26. The van der Waals surface area contributed by atoms with E-state index >= 15 is 0 Å².